The van der Waals surface area contributed by atoms with Gasteiger partial charge in [0, 0.05) is 22.6 Å². The fourth-order valence-electron chi connectivity index (χ4n) is 4.47. The molecule has 38 heavy (non-hydrogen) atoms. The van der Waals surface area contributed by atoms with E-state index in [4.69, 9.17) is 24.4 Å². The van der Waals surface area contributed by atoms with Crippen molar-refractivity contribution < 1.29 is 27.8 Å². The topological polar surface area (TPSA) is 108 Å². The van der Waals surface area contributed by atoms with Crippen LogP contribution in [0.25, 0.3) is 11.0 Å². The highest BCUT2D eigenvalue weighted by Crippen LogP contribution is 2.43. The number of benzene rings is 3. The molecule has 0 spiro atoms. The van der Waals surface area contributed by atoms with Crippen molar-refractivity contribution in [2.75, 3.05) is 6.61 Å². The number of carbonyl (C=O) groups excluding carboxylic acids is 1. The van der Waals surface area contributed by atoms with E-state index in [-0.39, 0.29) is 23.0 Å². The average molecular weight is 513 g/mol. The Labute approximate surface area is 218 Å². The zero-order chi connectivity index (χ0) is 26.8. The standard InChI is InChI=1S/C30H25FN2O5/c1-3-4-13-35-20-8-5-18(6-9-20)27-22-11-10-21(15-26(22)38-29(33)24(27)16-32)36-30(34)28-17(2)23-14-19(31)7-12-25(23)37-28/h5-12,14-15,27H,3-4,13,33H2,1-2H3. The second-order valence-corrected chi connectivity index (χ2v) is 8.98. The minimum absolute atomic E-state index is 0.0189. The summed E-state index contributed by atoms with van der Waals surface area (Å²) in [5.74, 6) is -0.354. The second kappa shape index (κ2) is 10.3. The number of unbranched alkanes of at least 4 members (excludes halogenated alkanes) is 1. The van der Waals surface area contributed by atoms with Crippen LogP contribution in [0.5, 0.6) is 17.2 Å². The maximum absolute atomic E-state index is 13.6. The molecule has 8 heteroatoms. The summed E-state index contributed by atoms with van der Waals surface area (Å²) in [6.45, 7) is 4.40. The number of ether oxygens (including phenoxy) is 3. The number of carbonyl (C=O) groups is 1. The number of nitrogens with two attached hydrogens (primary N) is 1. The predicted molar refractivity (Wildman–Crippen MR) is 138 cm³/mol. The lowest BCUT2D eigenvalue weighted by Gasteiger charge is -2.26. The predicted octanol–water partition coefficient (Wildman–Crippen LogP) is 6.50. The van der Waals surface area contributed by atoms with E-state index < -0.39 is 17.7 Å². The molecule has 0 saturated carbocycles. The van der Waals surface area contributed by atoms with Crippen LogP contribution < -0.4 is 19.9 Å². The highest BCUT2D eigenvalue weighted by Gasteiger charge is 2.31. The first-order valence-electron chi connectivity index (χ1n) is 12.2. The fraction of sp³-hybridized carbons (Fsp3) is 0.200. The Balaban J connectivity index is 1.42. The van der Waals surface area contributed by atoms with Crippen LogP contribution in [0.15, 0.2) is 76.5 Å². The molecule has 0 saturated heterocycles. The highest BCUT2D eigenvalue weighted by atomic mass is 19.1. The van der Waals surface area contributed by atoms with Crippen molar-refractivity contribution in [3.8, 4) is 23.3 Å². The van der Waals surface area contributed by atoms with Crippen molar-refractivity contribution in [3.05, 3.63) is 100 Å². The van der Waals surface area contributed by atoms with Crippen molar-refractivity contribution in [3.63, 3.8) is 0 Å². The maximum atomic E-state index is 13.6. The van der Waals surface area contributed by atoms with E-state index in [9.17, 15) is 14.4 Å². The van der Waals surface area contributed by atoms with Crippen LogP contribution in [0.2, 0.25) is 0 Å². The number of aryl methyl sites for hydroxylation is 1. The van der Waals surface area contributed by atoms with E-state index in [0.717, 1.165) is 24.2 Å². The molecule has 1 aliphatic heterocycles. The second-order valence-electron chi connectivity index (χ2n) is 8.98. The third kappa shape index (κ3) is 4.66. The van der Waals surface area contributed by atoms with Gasteiger partial charge in [-0.3, -0.25) is 0 Å². The number of hydrogen-bond donors (Lipinski definition) is 1. The first-order valence-corrected chi connectivity index (χ1v) is 12.2. The van der Waals surface area contributed by atoms with Gasteiger partial charge in [-0.05, 0) is 55.3 Å². The van der Waals surface area contributed by atoms with Gasteiger partial charge in [0.15, 0.2) is 0 Å². The van der Waals surface area contributed by atoms with Gasteiger partial charge in [0.2, 0.25) is 11.6 Å². The smallest absolute Gasteiger partial charge is 0.379 e. The van der Waals surface area contributed by atoms with Gasteiger partial charge < -0.3 is 24.4 Å². The summed E-state index contributed by atoms with van der Waals surface area (Å²) in [4.78, 5) is 12.9. The molecule has 2 N–H and O–H groups in total. The molecule has 0 bridgehead atoms. The number of rotatable bonds is 7. The van der Waals surface area contributed by atoms with Crippen LogP contribution in [0, 0.1) is 24.1 Å². The van der Waals surface area contributed by atoms with E-state index in [1.54, 1.807) is 25.1 Å². The number of allylic oxidation sites excluding steroid dienone is 1. The molecule has 192 valence electrons. The van der Waals surface area contributed by atoms with Crippen LogP contribution in [-0.4, -0.2) is 12.6 Å². The van der Waals surface area contributed by atoms with Gasteiger partial charge in [-0.25, -0.2) is 9.18 Å². The number of furan rings is 1. The third-order valence-electron chi connectivity index (χ3n) is 6.46. The molecule has 7 nitrogen and oxygen atoms in total. The van der Waals surface area contributed by atoms with Crippen molar-refractivity contribution in [1.29, 1.82) is 5.26 Å². The van der Waals surface area contributed by atoms with E-state index >= 15 is 0 Å². The molecule has 4 aromatic rings. The monoisotopic (exact) mass is 512 g/mol. The van der Waals surface area contributed by atoms with Gasteiger partial charge in [-0.2, -0.15) is 5.26 Å². The number of fused-ring (bicyclic) bond motifs is 2. The van der Waals surface area contributed by atoms with Crippen LogP contribution in [0.3, 0.4) is 0 Å². The molecule has 0 aliphatic carbocycles. The zero-order valence-electron chi connectivity index (χ0n) is 20.9. The van der Waals surface area contributed by atoms with Gasteiger partial charge in [-0.1, -0.05) is 31.5 Å². The molecular weight excluding hydrogens is 487 g/mol. The molecule has 1 atom stereocenters. The summed E-state index contributed by atoms with van der Waals surface area (Å²) in [7, 11) is 0. The van der Waals surface area contributed by atoms with Crippen molar-refractivity contribution in [1.82, 2.24) is 0 Å². The van der Waals surface area contributed by atoms with Crippen molar-refractivity contribution in [2.45, 2.75) is 32.6 Å². The van der Waals surface area contributed by atoms with Crippen molar-refractivity contribution >= 4 is 16.9 Å². The molecule has 0 amide bonds. The van der Waals surface area contributed by atoms with Crippen LogP contribution in [0.4, 0.5) is 4.39 Å². The first kappa shape index (κ1) is 24.9. The molecule has 1 aliphatic rings. The van der Waals surface area contributed by atoms with Gasteiger partial charge >= 0.3 is 5.97 Å². The van der Waals surface area contributed by atoms with Crippen LogP contribution in [-0.2, 0) is 0 Å². The molecular formula is C30H25FN2O5. The molecule has 5 rings (SSSR count). The molecule has 0 radical (unpaired) electrons. The van der Waals surface area contributed by atoms with E-state index in [2.05, 4.69) is 13.0 Å². The number of halogens is 1. The fourth-order valence-corrected chi connectivity index (χ4v) is 4.47. The number of nitriles is 1. The Morgan fingerprint density at radius 3 is 2.61 bits per heavy atom. The molecule has 2 heterocycles. The lowest BCUT2D eigenvalue weighted by atomic mass is 9.83. The van der Waals surface area contributed by atoms with E-state index in [1.807, 2.05) is 24.3 Å². The minimum atomic E-state index is -0.730. The van der Waals surface area contributed by atoms with Gasteiger partial charge in [0.1, 0.15) is 40.3 Å². The molecule has 0 fully saturated rings. The summed E-state index contributed by atoms with van der Waals surface area (Å²) in [6, 6.07) is 18.6. The number of nitrogens with zero attached hydrogens (tertiary/aromatic N) is 1. The Hall–Kier alpha value is -4.77. The van der Waals surface area contributed by atoms with Gasteiger partial charge in [0.25, 0.3) is 0 Å². The SMILES string of the molecule is CCCCOc1ccc(C2C(C#N)=C(N)Oc3cc(OC(=O)c4oc5ccc(F)cc5c4C)ccc32)cc1. The summed E-state index contributed by atoms with van der Waals surface area (Å²) < 4.78 is 36.3. The lowest BCUT2D eigenvalue weighted by Crippen LogP contribution is -2.21. The maximum Gasteiger partial charge on any atom is 0.379 e. The zero-order valence-corrected chi connectivity index (χ0v) is 20.9. The summed E-state index contributed by atoms with van der Waals surface area (Å²) in [5.41, 5.74) is 8.80. The molecule has 1 aromatic heterocycles. The average Bonchev–Trinajstić information content (AvgIpc) is 3.24. The third-order valence-corrected chi connectivity index (χ3v) is 6.46. The minimum Gasteiger partial charge on any atom is -0.494 e. The van der Waals surface area contributed by atoms with Gasteiger partial charge in [0.05, 0.1) is 12.5 Å². The molecule has 1 unspecified atom stereocenters. The normalized spacial score (nSPS) is 14.5. The van der Waals surface area contributed by atoms with Crippen LogP contribution in [0.1, 0.15) is 52.9 Å². The summed E-state index contributed by atoms with van der Waals surface area (Å²) >= 11 is 0. The summed E-state index contributed by atoms with van der Waals surface area (Å²) in [6.07, 6.45) is 2.01. The summed E-state index contributed by atoms with van der Waals surface area (Å²) in [5, 5.41) is 10.3. The largest absolute Gasteiger partial charge is 0.494 e. The molecule has 3 aromatic carbocycles. The number of esters is 1. The van der Waals surface area contributed by atoms with E-state index in [0.29, 0.717) is 34.5 Å². The lowest BCUT2D eigenvalue weighted by molar-refractivity contribution is 0.0702. The van der Waals surface area contributed by atoms with Gasteiger partial charge in [-0.15, -0.1) is 0 Å². The van der Waals surface area contributed by atoms with Crippen LogP contribution >= 0.6 is 0 Å². The Kier molecular flexibility index (Phi) is 6.75. The van der Waals surface area contributed by atoms with Crippen molar-refractivity contribution in [2.24, 2.45) is 5.73 Å². The Morgan fingerprint density at radius 2 is 1.87 bits per heavy atom. The first-order chi connectivity index (χ1) is 18.4. The van der Waals surface area contributed by atoms with E-state index in [1.165, 1.54) is 18.2 Å². The number of hydrogen-bond acceptors (Lipinski definition) is 7. The Morgan fingerprint density at radius 1 is 1.11 bits per heavy atom. The quantitative estimate of drug-likeness (QED) is 0.171. The highest BCUT2D eigenvalue weighted by molar-refractivity contribution is 5.96. The Bertz CT molecular complexity index is 1600.